The lowest BCUT2D eigenvalue weighted by molar-refractivity contribution is -0.126. The summed E-state index contributed by atoms with van der Waals surface area (Å²) in [5.41, 5.74) is 0.780. The van der Waals surface area contributed by atoms with Crippen molar-refractivity contribution in [3.05, 3.63) is 12.4 Å². The number of hydrogen-bond donors (Lipinski definition) is 1. The quantitative estimate of drug-likeness (QED) is 0.874. The number of amides is 2. The Bertz CT molecular complexity index is 495. The highest BCUT2D eigenvalue weighted by Crippen LogP contribution is 2.24. The molecule has 1 aromatic heterocycles. The number of carbonyl (C=O) groups is 2. The Kier molecular flexibility index (Phi) is 4.42. The normalized spacial score (nSPS) is 18.9. The molecule has 1 fully saturated rings. The van der Waals surface area contributed by atoms with E-state index in [-0.39, 0.29) is 24.2 Å². The first kappa shape index (κ1) is 14.6. The zero-order chi connectivity index (χ0) is 14.7. The molecule has 0 radical (unpaired) electrons. The molecule has 0 aromatic carbocycles. The molecule has 0 spiro atoms. The van der Waals surface area contributed by atoms with E-state index in [1.807, 2.05) is 17.8 Å². The number of nitrogens with one attached hydrogen (secondary N) is 1. The Labute approximate surface area is 119 Å². The third-order valence-corrected chi connectivity index (χ3v) is 3.33. The number of anilines is 1. The van der Waals surface area contributed by atoms with Crippen LogP contribution in [0.4, 0.5) is 5.69 Å². The number of carbonyl (C=O) groups excluding carboxylic acids is 2. The zero-order valence-corrected chi connectivity index (χ0v) is 12.3. The number of nitrogens with zero attached hydrogens (tertiary/aromatic N) is 3. The second kappa shape index (κ2) is 6.07. The van der Waals surface area contributed by atoms with Gasteiger partial charge in [-0.25, -0.2) is 0 Å². The van der Waals surface area contributed by atoms with Crippen LogP contribution in [0.5, 0.6) is 0 Å². The molecule has 2 rings (SSSR count). The average Bonchev–Trinajstić information content (AvgIpc) is 2.95. The first-order valence-electron chi connectivity index (χ1n) is 7.11. The Morgan fingerprint density at radius 2 is 2.30 bits per heavy atom. The van der Waals surface area contributed by atoms with E-state index in [4.69, 9.17) is 0 Å². The van der Waals surface area contributed by atoms with E-state index in [0.717, 1.165) is 12.2 Å². The van der Waals surface area contributed by atoms with Crippen LogP contribution >= 0.6 is 0 Å². The van der Waals surface area contributed by atoms with E-state index in [1.165, 1.54) is 0 Å². The molecule has 6 nitrogen and oxygen atoms in total. The van der Waals surface area contributed by atoms with Gasteiger partial charge in [-0.3, -0.25) is 14.3 Å². The van der Waals surface area contributed by atoms with Gasteiger partial charge >= 0.3 is 0 Å². The van der Waals surface area contributed by atoms with Crippen molar-refractivity contribution in [3.63, 3.8) is 0 Å². The lowest BCUT2D eigenvalue weighted by Crippen LogP contribution is -2.32. The Balaban J connectivity index is 2.04. The molecule has 1 aliphatic rings. The molecule has 6 heteroatoms. The topological polar surface area (TPSA) is 67.2 Å². The van der Waals surface area contributed by atoms with E-state index < -0.39 is 0 Å². The maximum atomic E-state index is 12.0. The summed E-state index contributed by atoms with van der Waals surface area (Å²) < 4.78 is 1.84. The largest absolute Gasteiger partial charge is 0.356 e. The first-order valence-corrected chi connectivity index (χ1v) is 7.11. The van der Waals surface area contributed by atoms with Gasteiger partial charge in [0.05, 0.1) is 17.8 Å². The van der Waals surface area contributed by atoms with Crippen LogP contribution < -0.4 is 10.2 Å². The monoisotopic (exact) mass is 278 g/mol. The summed E-state index contributed by atoms with van der Waals surface area (Å²) in [6, 6.07) is 0. The predicted octanol–water partition coefficient (Wildman–Crippen LogP) is 1.03. The van der Waals surface area contributed by atoms with Gasteiger partial charge in [0.25, 0.3) is 0 Å². The molecule has 0 bridgehead atoms. The van der Waals surface area contributed by atoms with Crippen LogP contribution in [0.1, 0.15) is 27.2 Å². The average molecular weight is 278 g/mol. The number of hydrogen-bond acceptors (Lipinski definition) is 3. The molecule has 1 aromatic rings. The lowest BCUT2D eigenvalue weighted by Gasteiger charge is -2.14. The molecule has 0 aliphatic carbocycles. The maximum absolute atomic E-state index is 12.0. The fraction of sp³-hybridized carbons (Fsp3) is 0.643. The van der Waals surface area contributed by atoms with Crippen molar-refractivity contribution in [2.75, 3.05) is 18.0 Å². The van der Waals surface area contributed by atoms with E-state index >= 15 is 0 Å². The van der Waals surface area contributed by atoms with Gasteiger partial charge in [-0.2, -0.15) is 5.10 Å². The first-order chi connectivity index (χ1) is 9.51. The molecule has 1 saturated heterocycles. The summed E-state index contributed by atoms with van der Waals surface area (Å²) in [4.78, 5) is 25.5. The molecule has 20 heavy (non-hydrogen) atoms. The zero-order valence-electron chi connectivity index (χ0n) is 12.3. The Hall–Kier alpha value is -1.85. The van der Waals surface area contributed by atoms with Crippen molar-refractivity contribution < 1.29 is 9.59 Å². The van der Waals surface area contributed by atoms with Gasteiger partial charge in [0.2, 0.25) is 11.8 Å². The van der Waals surface area contributed by atoms with Crippen LogP contribution in [0.3, 0.4) is 0 Å². The van der Waals surface area contributed by atoms with E-state index in [9.17, 15) is 9.59 Å². The molecular weight excluding hydrogens is 256 g/mol. The molecule has 110 valence electrons. The van der Waals surface area contributed by atoms with Crippen molar-refractivity contribution in [3.8, 4) is 0 Å². The second-order valence-electron chi connectivity index (χ2n) is 5.61. The van der Waals surface area contributed by atoms with Crippen LogP contribution in [-0.4, -0.2) is 34.7 Å². The van der Waals surface area contributed by atoms with Gasteiger partial charge < -0.3 is 10.2 Å². The molecular formula is C14H22N4O2. The van der Waals surface area contributed by atoms with Crippen LogP contribution in [0, 0.1) is 11.8 Å². The molecule has 2 amide bonds. The van der Waals surface area contributed by atoms with Crippen LogP contribution in [0.2, 0.25) is 0 Å². The van der Waals surface area contributed by atoms with E-state index in [1.54, 1.807) is 11.1 Å². The van der Waals surface area contributed by atoms with E-state index in [2.05, 4.69) is 24.3 Å². The van der Waals surface area contributed by atoms with E-state index in [0.29, 0.717) is 19.0 Å². The van der Waals surface area contributed by atoms with Crippen LogP contribution in [0.15, 0.2) is 12.4 Å². The summed E-state index contributed by atoms with van der Waals surface area (Å²) in [6.07, 6.45) is 3.85. The van der Waals surface area contributed by atoms with Gasteiger partial charge in [-0.1, -0.05) is 13.8 Å². The SMILES string of the molecule is CCNC(=O)[C@H]1CC(=O)N(c2cnn(CC(C)C)c2)C1. The van der Waals surface area contributed by atoms with Crippen LogP contribution in [0.25, 0.3) is 0 Å². The highest BCUT2D eigenvalue weighted by atomic mass is 16.2. The Morgan fingerprint density at radius 3 is 2.95 bits per heavy atom. The summed E-state index contributed by atoms with van der Waals surface area (Å²) in [7, 11) is 0. The number of rotatable bonds is 5. The third kappa shape index (κ3) is 3.18. The summed E-state index contributed by atoms with van der Waals surface area (Å²) >= 11 is 0. The highest BCUT2D eigenvalue weighted by Gasteiger charge is 2.35. The highest BCUT2D eigenvalue weighted by molar-refractivity contribution is 6.00. The smallest absolute Gasteiger partial charge is 0.227 e. The van der Waals surface area contributed by atoms with Gasteiger partial charge in [0.15, 0.2) is 0 Å². The van der Waals surface area contributed by atoms with Crippen molar-refractivity contribution in [2.24, 2.45) is 11.8 Å². The number of aromatic nitrogens is 2. The fourth-order valence-electron chi connectivity index (χ4n) is 2.42. The predicted molar refractivity (Wildman–Crippen MR) is 76.2 cm³/mol. The third-order valence-electron chi connectivity index (χ3n) is 3.33. The summed E-state index contributed by atoms with van der Waals surface area (Å²) in [6.45, 7) is 7.97. The molecule has 1 aliphatic heterocycles. The molecule has 0 unspecified atom stereocenters. The molecule has 0 saturated carbocycles. The standard InChI is InChI=1S/C14H22N4O2/c1-4-15-14(20)11-5-13(19)18(8-11)12-6-16-17(9-12)7-10(2)3/h6,9-11H,4-5,7-8H2,1-3H3,(H,15,20)/t11-/m0/s1. The fourth-order valence-corrected chi connectivity index (χ4v) is 2.42. The van der Waals surface area contributed by atoms with Gasteiger partial charge in [-0.05, 0) is 12.8 Å². The minimum atomic E-state index is -0.254. The van der Waals surface area contributed by atoms with Crippen LogP contribution in [-0.2, 0) is 16.1 Å². The van der Waals surface area contributed by atoms with Crippen molar-refractivity contribution in [2.45, 2.75) is 33.7 Å². The van der Waals surface area contributed by atoms with Gasteiger partial charge in [0.1, 0.15) is 0 Å². The van der Waals surface area contributed by atoms with Crippen molar-refractivity contribution >= 4 is 17.5 Å². The molecule has 1 N–H and O–H groups in total. The lowest BCUT2D eigenvalue weighted by atomic mass is 10.1. The van der Waals surface area contributed by atoms with Crippen molar-refractivity contribution in [1.82, 2.24) is 15.1 Å². The summed E-state index contributed by atoms with van der Waals surface area (Å²) in [5, 5.41) is 7.04. The Morgan fingerprint density at radius 1 is 1.55 bits per heavy atom. The summed E-state index contributed by atoms with van der Waals surface area (Å²) in [5.74, 6) is 0.194. The van der Waals surface area contributed by atoms with Crippen molar-refractivity contribution in [1.29, 1.82) is 0 Å². The van der Waals surface area contributed by atoms with Gasteiger partial charge in [0, 0.05) is 32.3 Å². The maximum Gasteiger partial charge on any atom is 0.227 e. The second-order valence-corrected chi connectivity index (χ2v) is 5.61. The minimum Gasteiger partial charge on any atom is -0.356 e. The molecule has 1 atom stereocenters. The van der Waals surface area contributed by atoms with Gasteiger partial charge in [-0.15, -0.1) is 0 Å². The molecule has 2 heterocycles. The minimum absolute atomic E-state index is 0.00894.